The van der Waals surface area contributed by atoms with Crippen LogP contribution in [0, 0.1) is 0 Å². The van der Waals surface area contributed by atoms with E-state index in [4.69, 9.17) is 5.73 Å². The third-order valence-corrected chi connectivity index (χ3v) is 4.23. The molecule has 1 saturated heterocycles. The van der Waals surface area contributed by atoms with Crippen LogP contribution in [0.2, 0.25) is 0 Å². The SMILES string of the molecule is C=CC(=O)N1CCCC1.Nc1cnc2[nH]cc(-c3ccccc3)c2c1. The molecule has 128 valence electrons. The van der Waals surface area contributed by atoms with Crippen LogP contribution in [0.3, 0.4) is 0 Å². The fraction of sp³-hybridized carbons (Fsp3) is 0.200. The van der Waals surface area contributed by atoms with E-state index >= 15 is 0 Å². The van der Waals surface area contributed by atoms with Crippen molar-refractivity contribution in [1.82, 2.24) is 14.9 Å². The lowest BCUT2D eigenvalue weighted by Crippen LogP contribution is -2.25. The Morgan fingerprint density at radius 1 is 1.24 bits per heavy atom. The van der Waals surface area contributed by atoms with Crippen molar-refractivity contribution < 1.29 is 4.79 Å². The van der Waals surface area contributed by atoms with E-state index in [1.54, 1.807) is 6.20 Å². The van der Waals surface area contributed by atoms with Gasteiger partial charge in [0.15, 0.2) is 0 Å². The topological polar surface area (TPSA) is 75.0 Å². The van der Waals surface area contributed by atoms with Crippen molar-refractivity contribution in [2.45, 2.75) is 12.8 Å². The average molecular weight is 334 g/mol. The number of likely N-dealkylation sites (tertiary alicyclic amines) is 1. The third kappa shape index (κ3) is 3.88. The summed E-state index contributed by atoms with van der Waals surface area (Å²) in [6, 6.07) is 12.1. The van der Waals surface area contributed by atoms with Gasteiger partial charge in [-0.3, -0.25) is 4.79 Å². The summed E-state index contributed by atoms with van der Waals surface area (Å²) in [5.41, 5.74) is 9.61. The molecule has 1 amide bonds. The van der Waals surface area contributed by atoms with Crippen LogP contribution in [0.4, 0.5) is 5.69 Å². The van der Waals surface area contributed by atoms with E-state index in [1.807, 2.05) is 35.4 Å². The molecule has 1 aliphatic rings. The van der Waals surface area contributed by atoms with Gasteiger partial charge in [-0.05, 0) is 30.5 Å². The van der Waals surface area contributed by atoms with Crippen LogP contribution in [0.1, 0.15) is 12.8 Å². The second-order valence-electron chi connectivity index (χ2n) is 5.97. The fourth-order valence-electron chi connectivity index (χ4n) is 2.94. The minimum absolute atomic E-state index is 0.0764. The number of nitrogen functional groups attached to an aromatic ring is 1. The lowest BCUT2D eigenvalue weighted by molar-refractivity contribution is -0.124. The number of benzene rings is 1. The highest BCUT2D eigenvalue weighted by molar-refractivity contribution is 5.94. The van der Waals surface area contributed by atoms with Gasteiger partial charge in [0, 0.05) is 30.2 Å². The molecule has 1 fully saturated rings. The molecular weight excluding hydrogens is 312 g/mol. The smallest absolute Gasteiger partial charge is 0.245 e. The Kier molecular flexibility index (Phi) is 5.14. The quantitative estimate of drug-likeness (QED) is 0.703. The number of carbonyl (C=O) groups excluding carboxylic acids is 1. The highest BCUT2D eigenvalue weighted by Crippen LogP contribution is 2.28. The van der Waals surface area contributed by atoms with Crippen molar-refractivity contribution in [3.05, 3.63) is 61.4 Å². The standard InChI is InChI=1S/C13H11N3.C7H11NO/c14-10-6-11-12(8-16-13(11)15-7-10)9-4-2-1-3-5-9;1-2-7(9)8-5-3-4-6-8/h1-8H,14H2,(H,15,16);2H,1,3-6H2. The van der Waals surface area contributed by atoms with Crippen molar-refractivity contribution in [3.8, 4) is 11.1 Å². The zero-order valence-electron chi connectivity index (χ0n) is 14.1. The molecule has 5 nitrogen and oxygen atoms in total. The van der Waals surface area contributed by atoms with Crippen molar-refractivity contribution >= 4 is 22.6 Å². The number of carbonyl (C=O) groups is 1. The maximum Gasteiger partial charge on any atom is 0.245 e. The molecule has 0 atom stereocenters. The van der Waals surface area contributed by atoms with E-state index < -0.39 is 0 Å². The Labute approximate surface area is 147 Å². The van der Waals surface area contributed by atoms with Gasteiger partial charge in [0.25, 0.3) is 0 Å². The number of rotatable bonds is 2. The second kappa shape index (κ2) is 7.66. The molecule has 4 rings (SSSR count). The average Bonchev–Trinajstić information content (AvgIpc) is 3.32. The second-order valence-corrected chi connectivity index (χ2v) is 5.97. The molecule has 0 saturated carbocycles. The first-order valence-corrected chi connectivity index (χ1v) is 8.38. The largest absolute Gasteiger partial charge is 0.397 e. The molecule has 3 aromatic rings. The molecular formula is C20H22N4O. The Bertz CT molecular complexity index is 864. The minimum atomic E-state index is 0.0764. The van der Waals surface area contributed by atoms with Crippen molar-refractivity contribution in [2.24, 2.45) is 0 Å². The van der Waals surface area contributed by atoms with Gasteiger partial charge in [-0.15, -0.1) is 0 Å². The van der Waals surface area contributed by atoms with E-state index in [2.05, 4.69) is 28.7 Å². The van der Waals surface area contributed by atoms with Gasteiger partial charge in [-0.2, -0.15) is 0 Å². The summed E-state index contributed by atoms with van der Waals surface area (Å²) < 4.78 is 0. The molecule has 0 aliphatic carbocycles. The van der Waals surface area contributed by atoms with Gasteiger partial charge >= 0.3 is 0 Å². The van der Waals surface area contributed by atoms with E-state index in [0.29, 0.717) is 5.69 Å². The van der Waals surface area contributed by atoms with Gasteiger partial charge < -0.3 is 15.6 Å². The maximum absolute atomic E-state index is 10.8. The van der Waals surface area contributed by atoms with Crippen molar-refractivity contribution in [2.75, 3.05) is 18.8 Å². The van der Waals surface area contributed by atoms with Gasteiger partial charge in [0.1, 0.15) is 5.65 Å². The summed E-state index contributed by atoms with van der Waals surface area (Å²) in [7, 11) is 0. The summed E-state index contributed by atoms with van der Waals surface area (Å²) in [6.45, 7) is 5.26. The van der Waals surface area contributed by atoms with Crippen molar-refractivity contribution in [3.63, 3.8) is 0 Å². The zero-order chi connectivity index (χ0) is 17.6. The number of hydrogen-bond donors (Lipinski definition) is 2. The Hall–Kier alpha value is -3.08. The molecule has 5 heteroatoms. The molecule has 1 aromatic carbocycles. The van der Waals surface area contributed by atoms with Gasteiger partial charge in [0.2, 0.25) is 5.91 Å². The van der Waals surface area contributed by atoms with Crippen molar-refractivity contribution in [1.29, 1.82) is 0 Å². The highest BCUT2D eigenvalue weighted by Gasteiger charge is 2.14. The number of hydrogen-bond acceptors (Lipinski definition) is 3. The predicted molar refractivity (Wildman–Crippen MR) is 102 cm³/mol. The number of pyridine rings is 1. The monoisotopic (exact) mass is 334 g/mol. The first-order valence-electron chi connectivity index (χ1n) is 8.38. The van der Waals surface area contributed by atoms with E-state index in [9.17, 15) is 4.79 Å². The molecule has 3 N–H and O–H groups in total. The molecule has 3 heterocycles. The third-order valence-electron chi connectivity index (χ3n) is 4.23. The van der Waals surface area contributed by atoms with E-state index in [-0.39, 0.29) is 5.91 Å². The van der Waals surface area contributed by atoms with Gasteiger partial charge in [-0.25, -0.2) is 4.98 Å². The molecule has 0 spiro atoms. The number of nitrogens with zero attached hydrogens (tertiary/aromatic N) is 2. The molecule has 1 aliphatic heterocycles. The lowest BCUT2D eigenvalue weighted by Gasteiger charge is -2.10. The number of nitrogens with one attached hydrogen (secondary N) is 1. The summed E-state index contributed by atoms with van der Waals surface area (Å²) in [4.78, 5) is 20.0. The molecule has 0 radical (unpaired) electrons. The normalized spacial score (nSPS) is 13.4. The summed E-state index contributed by atoms with van der Waals surface area (Å²) in [6.07, 6.45) is 7.31. The summed E-state index contributed by atoms with van der Waals surface area (Å²) in [5.74, 6) is 0.0764. The fourth-order valence-corrected chi connectivity index (χ4v) is 2.94. The van der Waals surface area contributed by atoms with Crippen LogP contribution in [0.5, 0.6) is 0 Å². The number of aromatic nitrogens is 2. The van der Waals surface area contributed by atoms with Crippen LogP contribution >= 0.6 is 0 Å². The zero-order valence-corrected chi connectivity index (χ0v) is 14.1. The molecule has 25 heavy (non-hydrogen) atoms. The van der Waals surface area contributed by atoms with Crippen LogP contribution in [-0.2, 0) is 4.79 Å². The highest BCUT2D eigenvalue weighted by atomic mass is 16.2. The summed E-state index contributed by atoms with van der Waals surface area (Å²) in [5, 5.41) is 1.06. The molecule has 0 unspecified atom stereocenters. The van der Waals surface area contributed by atoms with Crippen LogP contribution in [0.15, 0.2) is 61.4 Å². The molecule has 2 aromatic heterocycles. The van der Waals surface area contributed by atoms with Crippen LogP contribution < -0.4 is 5.73 Å². The van der Waals surface area contributed by atoms with Gasteiger partial charge in [0.05, 0.1) is 11.9 Å². The van der Waals surface area contributed by atoms with Gasteiger partial charge in [-0.1, -0.05) is 36.9 Å². The Balaban J connectivity index is 0.000000173. The molecule has 0 bridgehead atoms. The number of anilines is 1. The number of H-pyrrole nitrogens is 1. The first kappa shape index (κ1) is 16.8. The Morgan fingerprint density at radius 3 is 2.64 bits per heavy atom. The predicted octanol–water partition coefficient (Wildman–Crippen LogP) is 3.61. The maximum atomic E-state index is 10.8. The number of aromatic amines is 1. The Morgan fingerprint density at radius 2 is 1.96 bits per heavy atom. The van der Waals surface area contributed by atoms with E-state index in [0.717, 1.165) is 42.5 Å². The lowest BCUT2D eigenvalue weighted by atomic mass is 10.1. The minimum Gasteiger partial charge on any atom is -0.397 e. The summed E-state index contributed by atoms with van der Waals surface area (Å²) >= 11 is 0. The van der Waals surface area contributed by atoms with E-state index in [1.165, 1.54) is 11.6 Å². The van der Waals surface area contributed by atoms with Crippen LogP contribution in [-0.4, -0.2) is 33.9 Å². The van der Waals surface area contributed by atoms with Crippen LogP contribution in [0.25, 0.3) is 22.2 Å². The number of nitrogens with two attached hydrogens (primary N) is 1. The number of amides is 1. The number of fused-ring (bicyclic) bond motifs is 1. The first-order chi connectivity index (χ1) is 12.2.